The number of aromatic nitrogens is 1. The van der Waals surface area contributed by atoms with Crippen LogP contribution in [0, 0.1) is 0 Å². The number of nitrogens with one attached hydrogen (secondary N) is 1. The van der Waals surface area contributed by atoms with Crippen LogP contribution < -0.4 is 10.1 Å². The largest absolute Gasteiger partial charge is 0.495 e. The lowest BCUT2D eigenvalue weighted by Crippen LogP contribution is -2.09. The molecule has 0 aliphatic carbocycles. The van der Waals surface area contributed by atoms with Crippen LogP contribution in [0.2, 0.25) is 0 Å². The van der Waals surface area contributed by atoms with Crippen molar-refractivity contribution in [1.82, 2.24) is 4.98 Å². The minimum Gasteiger partial charge on any atom is -0.495 e. The smallest absolute Gasteiger partial charge is 0.248 e. The molecule has 1 amide bonds. The molecule has 0 radical (unpaired) electrons. The highest BCUT2D eigenvalue weighted by atomic mass is 79.9. The Balaban J connectivity index is 2.08. The highest BCUT2D eigenvalue weighted by Crippen LogP contribution is 2.27. The fourth-order valence-electron chi connectivity index (χ4n) is 1.59. The van der Waals surface area contributed by atoms with Gasteiger partial charge in [0, 0.05) is 16.7 Å². The molecule has 0 bridgehead atoms. The zero-order valence-corrected chi connectivity index (χ0v) is 12.4. The summed E-state index contributed by atoms with van der Waals surface area (Å²) in [6.45, 7) is 0. The average Bonchev–Trinajstić information content (AvgIpc) is 2.46. The Morgan fingerprint density at radius 1 is 1.35 bits per heavy atom. The third kappa shape index (κ3) is 3.93. The van der Waals surface area contributed by atoms with Gasteiger partial charge in [0.05, 0.1) is 18.5 Å². The van der Waals surface area contributed by atoms with Gasteiger partial charge in [0.2, 0.25) is 5.91 Å². The maximum absolute atomic E-state index is 11.9. The lowest BCUT2D eigenvalue weighted by atomic mass is 10.3. The number of methoxy groups -OCH3 is 1. The second-order valence-corrected chi connectivity index (χ2v) is 4.84. The molecule has 0 aliphatic rings. The Morgan fingerprint density at radius 2 is 2.20 bits per heavy atom. The Hall–Kier alpha value is -2.14. The van der Waals surface area contributed by atoms with Gasteiger partial charge in [-0.3, -0.25) is 9.78 Å². The lowest BCUT2D eigenvalue weighted by Gasteiger charge is -2.08. The monoisotopic (exact) mass is 332 g/mol. The van der Waals surface area contributed by atoms with Gasteiger partial charge in [-0.2, -0.15) is 0 Å². The Kier molecular flexibility index (Phi) is 4.90. The summed E-state index contributed by atoms with van der Waals surface area (Å²) in [4.78, 5) is 16.0. The zero-order valence-electron chi connectivity index (χ0n) is 10.8. The first-order valence-electron chi connectivity index (χ1n) is 5.92. The van der Waals surface area contributed by atoms with E-state index in [2.05, 4.69) is 26.2 Å². The quantitative estimate of drug-likeness (QED) is 0.871. The molecule has 0 spiro atoms. The molecule has 5 heteroatoms. The SMILES string of the molecule is COc1ccc(Br)cc1NC(=O)/C=C/c1ccccn1. The number of anilines is 1. The lowest BCUT2D eigenvalue weighted by molar-refractivity contribution is -0.111. The second kappa shape index (κ2) is 6.86. The zero-order chi connectivity index (χ0) is 14.4. The van der Waals surface area contributed by atoms with Crippen molar-refractivity contribution in [3.05, 3.63) is 58.8 Å². The molecule has 1 aromatic heterocycles. The van der Waals surface area contributed by atoms with E-state index in [1.54, 1.807) is 31.5 Å². The molecular formula is C15H13BrN2O2. The van der Waals surface area contributed by atoms with Crippen LogP contribution in [-0.2, 0) is 4.79 Å². The summed E-state index contributed by atoms with van der Waals surface area (Å²) in [7, 11) is 1.56. The van der Waals surface area contributed by atoms with Crippen molar-refractivity contribution in [3.8, 4) is 5.75 Å². The van der Waals surface area contributed by atoms with Gasteiger partial charge in [-0.1, -0.05) is 22.0 Å². The molecule has 1 heterocycles. The molecule has 0 saturated heterocycles. The van der Waals surface area contributed by atoms with E-state index in [1.165, 1.54) is 6.08 Å². The van der Waals surface area contributed by atoms with Crippen molar-refractivity contribution in [2.24, 2.45) is 0 Å². The number of benzene rings is 1. The van der Waals surface area contributed by atoms with E-state index in [0.29, 0.717) is 11.4 Å². The van der Waals surface area contributed by atoms with Gasteiger partial charge in [0.15, 0.2) is 0 Å². The number of nitrogens with zero attached hydrogens (tertiary/aromatic N) is 1. The highest BCUT2D eigenvalue weighted by Gasteiger charge is 2.05. The van der Waals surface area contributed by atoms with Crippen molar-refractivity contribution in [1.29, 1.82) is 0 Å². The summed E-state index contributed by atoms with van der Waals surface area (Å²) < 4.78 is 6.06. The van der Waals surface area contributed by atoms with Crippen LogP contribution in [0.1, 0.15) is 5.69 Å². The van der Waals surface area contributed by atoms with Gasteiger partial charge >= 0.3 is 0 Å². The van der Waals surface area contributed by atoms with E-state index < -0.39 is 0 Å². The van der Waals surface area contributed by atoms with E-state index in [4.69, 9.17) is 4.74 Å². The minimum atomic E-state index is -0.243. The molecule has 0 unspecified atom stereocenters. The number of carbonyl (C=O) groups is 1. The number of rotatable bonds is 4. The Bertz CT molecular complexity index is 627. The molecule has 1 aromatic carbocycles. The van der Waals surface area contributed by atoms with E-state index in [-0.39, 0.29) is 5.91 Å². The molecular weight excluding hydrogens is 320 g/mol. The topological polar surface area (TPSA) is 51.2 Å². The van der Waals surface area contributed by atoms with Crippen LogP contribution in [0.3, 0.4) is 0 Å². The number of halogens is 1. The summed E-state index contributed by atoms with van der Waals surface area (Å²) in [5.74, 6) is 0.361. The molecule has 0 aliphatic heterocycles. The van der Waals surface area contributed by atoms with Crippen molar-refractivity contribution in [3.63, 3.8) is 0 Å². The number of amides is 1. The number of ether oxygens (including phenoxy) is 1. The molecule has 0 fully saturated rings. The maximum atomic E-state index is 11.9. The number of hydrogen-bond donors (Lipinski definition) is 1. The first-order valence-corrected chi connectivity index (χ1v) is 6.72. The van der Waals surface area contributed by atoms with Gasteiger partial charge in [0.25, 0.3) is 0 Å². The van der Waals surface area contributed by atoms with Crippen LogP contribution >= 0.6 is 15.9 Å². The van der Waals surface area contributed by atoms with Gasteiger partial charge < -0.3 is 10.1 Å². The molecule has 2 rings (SSSR count). The first-order chi connectivity index (χ1) is 9.69. The van der Waals surface area contributed by atoms with Crippen molar-refractivity contribution in [2.75, 3.05) is 12.4 Å². The molecule has 4 nitrogen and oxygen atoms in total. The fraction of sp³-hybridized carbons (Fsp3) is 0.0667. The predicted octanol–water partition coefficient (Wildman–Crippen LogP) is 3.50. The average molecular weight is 333 g/mol. The maximum Gasteiger partial charge on any atom is 0.248 e. The van der Waals surface area contributed by atoms with Gasteiger partial charge in [-0.15, -0.1) is 0 Å². The van der Waals surface area contributed by atoms with Crippen LogP contribution in [0.25, 0.3) is 6.08 Å². The third-order valence-electron chi connectivity index (χ3n) is 2.51. The van der Waals surface area contributed by atoms with Crippen molar-refractivity contribution >= 4 is 33.6 Å². The summed E-state index contributed by atoms with van der Waals surface area (Å²) in [6.07, 6.45) is 4.76. The van der Waals surface area contributed by atoms with Crippen molar-refractivity contribution < 1.29 is 9.53 Å². The van der Waals surface area contributed by atoms with Gasteiger partial charge in [-0.05, 0) is 36.4 Å². The molecule has 2 aromatic rings. The first kappa shape index (κ1) is 14.3. The summed E-state index contributed by atoms with van der Waals surface area (Å²) >= 11 is 3.36. The van der Waals surface area contributed by atoms with Gasteiger partial charge in [0.1, 0.15) is 5.75 Å². The molecule has 0 atom stereocenters. The highest BCUT2D eigenvalue weighted by molar-refractivity contribution is 9.10. The van der Waals surface area contributed by atoms with E-state index in [0.717, 1.165) is 10.2 Å². The normalized spacial score (nSPS) is 10.5. The van der Waals surface area contributed by atoms with Crippen molar-refractivity contribution in [2.45, 2.75) is 0 Å². The molecule has 1 N–H and O–H groups in total. The number of hydrogen-bond acceptors (Lipinski definition) is 3. The second-order valence-electron chi connectivity index (χ2n) is 3.92. The summed E-state index contributed by atoms with van der Waals surface area (Å²) in [6, 6.07) is 10.9. The molecule has 0 saturated carbocycles. The molecule has 102 valence electrons. The van der Waals surface area contributed by atoms with Crippen LogP contribution in [0.5, 0.6) is 5.75 Å². The van der Waals surface area contributed by atoms with Gasteiger partial charge in [-0.25, -0.2) is 0 Å². The molecule has 20 heavy (non-hydrogen) atoms. The standard InChI is InChI=1S/C15H13BrN2O2/c1-20-14-7-5-11(16)10-13(14)18-15(19)8-6-12-4-2-3-9-17-12/h2-10H,1H3,(H,18,19)/b8-6+. The predicted molar refractivity (Wildman–Crippen MR) is 82.6 cm³/mol. The third-order valence-corrected chi connectivity index (χ3v) is 3.01. The summed E-state index contributed by atoms with van der Waals surface area (Å²) in [5.41, 5.74) is 1.33. The summed E-state index contributed by atoms with van der Waals surface area (Å²) in [5, 5.41) is 2.76. The van der Waals surface area contributed by atoms with E-state index in [9.17, 15) is 4.79 Å². The number of pyridine rings is 1. The van der Waals surface area contributed by atoms with Crippen LogP contribution in [-0.4, -0.2) is 18.0 Å². The van der Waals surface area contributed by atoms with Crippen LogP contribution in [0.4, 0.5) is 5.69 Å². The van der Waals surface area contributed by atoms with E-state index >= 15 is 0 Å². The minimum absolute atomic E-state index is 0.243. The van der Waals surface area contributed by atoms with Crippen LogP contribution in [0.15, 0.2) is 53.1 Å². The Labute approximate surface area is 125 Å². The fourth-order valence-corrected chi connectivity index (χ4v) is 1.95. The van der Waals surface area contributed by atoms with E-state index in [1.807, 2.05) is 24.3 Å². The Morgan fingerprint density at radius 3 is 2.90 bits per heavy atom. The number of carbonyl (C=O) groups excluding carboxylic acids is 1.